The summed E-state index contributed by atoms with van der Waals surface area (Å²) in [5.41, 5.74) is 3.05. The Labute approximate surface area is 223 Å². The van der Waals surface area contributed by atoms with Gasteiger partial charge in [-0.1, -0.05) is 79.7 Å². The summed E-state index contributed by atoms with van der Waals surface area (Å²) in [4.78, 5) is 26.6. The number of hydrogen-bond acceptors (Lipinski definition) is 6. The second kappa shape index (κ2) is 12.6. The fourth-order valence-electron chi connectivity index (χ4n) is 4.00. The van der Waals surface area contributed by atoms with Crippen LogP contribution in [0.15, 0.2) is 65.8 Å². The molecule has 2 aromatic carbocycles. The highest BCUT2D eigenvalue weighted by Crippen LogP contribution is 2.26. The van der Waals surface area contributed by atoms with Gasteiger partial charge in [-0.05, 0) is 36.1 Å². The van der Waals surface area contributed by atoms with E-state index in [1.165, 1.54) is 17.3 Å². The van der Waals surface area contributed by atoms with E-state index in [4.69, 9.17) is 16.6 Å². The molecule has 1 amide bonds. The molecule has 1 unspecified atom stereocenters. The number of nitrogens with zero attached hydrogens (tertiary/aromatic N) is 4. The van der Waals surface area contributed by atoms with E-state index in [2.05, 4.69) is 64.3 Å². The van der Waals surface area contributed by atoms with E-state index in [9.17, 15) is 4.79 Å². The molecule has 190 valence electrons. The van der Waals surface area contributed by atoms with Gasteiger partial charge in [0, 0.05) is 56.1 Å². The molecule has 1 saturated heterocycles. The third kappa shape index (κ3) is 7.45. The number of benzene rings is 2. The van der Waals surface area contributed by atoms with Crippen LogP contribution in [0, 0.1) is 5.92 Å². The van der Waals surface area contributed by atoms with Crippen LogP contribution in [-0.2, 0) is 12.3 Å². The average Bonchev–Trinajstić information content (AvgIpc) is 2.88. The van der Waals surface area contributed by atoms with Gasteiger partial charge >= 0.3 is 0 Å². The Morgan fingerprint density at radius 1 is 0.972 bits per heavy atom. The molecule has 1 N–H and O–H groups in total. The number of piperazine rings is 1. The summed E-state index contributed by atoms with van der Waals surface area (Å²) in [6.45, 7) is 10.9. The van der Waals surface area contributed by atoms with E-state index in [0.29, 0.717) is 27.5 Å². The first-order valence-corrected chi connectivity index (χ1v) is 13.8. The van der Waals surface area contributed by atoms with E-state index in [-0.39, 0.29) is 11.9 Å². The van der Waals surface area contributed by atoms with Crippen molar-refractivity contribution in [2.75, 3.05) is 31.1 Å². The zero-order chi connectivity index (χ0) is 25.5. The molecule has 4 rings (SSSR count). The number of thioether (sulfide) groups is 1. The van der Waals surface area contributed by atoms with Crippen molar-refractivity contribution in [2.45, 2.75) is 44.3 Å². The molecule has 1 aromatic heterocycles. The molecule has 3 aromatic rings. The van der Waals surface area contributed by atoms with Gasteiger partial charge in [0.15, 0.2) is 5.16 Å². The van der Waals surface area contributed by atoms with Gasteiger partial charge in [0.1, 0.15) is 11.0 Å². The summed E-state index contributed by atoms with van der Waals surface area (Å²) in [7, 11) is 0. The Kier molecular flexibility index (Phi) is 9.24. The van der Waals surface area contributed by atoms with Gasteiger partial charge in [-0.3, -0.25) is 9.69 Å². The normalized spacial score (nSPS) is 15.2. The number of carbonyl (C=O) groups excluding carboxylic acids is 1. The van der Waals surface area contributed by atoms with Gasteiger partial charge in [0.2, 0.25) is 0 Å². The molecule has 1 aliphatic rings. The van der Waals surface area contributed by atoms with Gasteiger partial charge in [-0.15, -0.1) is 0 Å². The molecule has 0 saturated carbocycles. The van der Waals surface area contributed by atoms with Gasteiger partial charge in [-0.25, -0.2) is 9.97 Å². The summed E-state index contributed by atoms with van der Waals surface area (Å²) in [5, 5.41) is 4.16. The smallest absolute Gasteiger partial charge is 0.251 e. The monoisotopic (exact) mass is 523 g/mol. The van der Waals surface area contributed by atoms with Crippen LogP contribution in [0.5, 0.6) is 0 Å². The standard InChI is InChI=1S/C28H34ClN5OS/c1-20(2)21(3)30-27(35)24-11-7-10-23(16-24)19-36-28-31-25(29)17-26(32-28)34-14-12-33(13-15-34)18-22-8-5-4-6-9-22/h4-11,16-17,20-21H,12-15,18-19H2,1-3H3,(H,30,35). The van der Waals surface area contributed by atoms with Crippen molar-refractivity contribution in [3.8, 4) is 0 Å². The number of nitrogens with one attached hydrogen (secondary N) is 1. The van der Waals surface area contributed by atoms with Crippen LogP contribution in [0.4, 0.5) is 5.82 Å². The fourth-order valence-corrected chi connectivity index (χ4v) is 5.02. The molecule has 0 radical (unpaired) electrons. The van der Waals surface area contributed by atoms with Crippen molar-refractivity contribution in [3.05, 3.63) is 82.5 Å². The van der Waals surface area contributed by atoms with Crippen molar-refractivity contribution < 1.29 is 4.79 Å². The van der Waals surface area contributed by atoms with Gasteiger partial charge in [0.25, 0.3) is 5.91 Å². The third-order valence-corrected chi connectivity index (χ3v) is 7.63. The Morgan fingerprint density at radius 2 is 1.69 bits per heavy atom. The van der Waals surface area contributed by atoms with Crippen LogP contribution in [0.2, 0.25) is 5.15 Å². The summed E-state index contributed by atoms with van der Waals surface area (Å²) >= 11 is 7.91. The molecular weight excluding hydrogens is 490 g/mol. The van der Waals surface area contributed by atoms with Crippen LogP contribution >= 0.6 is 23.4 Å². The van der Waals surface area contributed by atoms with Crippen molar-refractivity contribution in [1.29, 1.82) is 0 Å². The topological polar surface area (TPSA) is 61.4 Å². The SMILES string of the molecule is CC(C)C(C)NC(=O)c1cccc(CSc2nc(Cl)cc(N3CCN(Cc4ccccc4)CC3)n2)c1. The highest BCUT2D eigenvalue weighted by molar-refractivity contribution is 7.98. The van der Waals surface area contributed by atoms with Gasteiger partial charge < -0.3 is 10.2 Å². The fraction of sp³-hybridized carbons (Fsp3) is 0.393. The lowest BCUT2D eigenvalue weighted by molar-refractivity contribution is 0.0930. The molecule has 1 fully saturated rings. The number of anilines is 1. The molecule has 6 nitrogen and oxygen atoms in total. The maximum absolute atomic E-state index is 12.6. The number of halogens is 1. The Bertz CT molecular complexity index is 1150. The van der Waals surface area contributed by atoms with Gasteiger partial charge in [-0.2, -0.15) is 0 Å². The van der Waals surface area contributed by atoms with Crippen molar-refractivity contribution in [1.82, 2.24) is 20.2 Å². The zero-order valence-electron chi connectivity index (χ0n) is 21.2. The quantitative estimate of drug-likeness (QED) is 0.226. The minimum Gasteiger partial charge on any atom is -0.354 e. The highest BCUT2D eigenvalue weighted by Gasteiger charge is 2.20. The second-order valence-electron chi connectivity index (χ2n) is 9.58. The second-order valence-corrected chi connectivity index (χ2v) is 10.9. The lowest BCUT2D eigenvalue weighted by Gasteiger charge is -2.35. The molecular formula is C28H34ClN5OS. The summed E-state index contributed by atoms with van der Waals surface area (Å²) in [6.07, 6.45) is 0. The molecule has 8 heteroatoms. The lowest BCUT2D eigenvalue weighted by atomic mass is 10.1. The Hall–Kier alpha value is -2.61. The highest BCUT2D eigenvalue weighted by atomic mass is 35.5. The minimum absolute atomic E-state index is 0.0456. The zero-order valence-corrected chi connectivity index (χ0v) is 22.7. The Morgan fingerprint density at radius 3 is 2.42 bits per heavy atom. The first-order chi connectivity index (χ1) is 17.4. The van der Waals surface area contributed by atoms with E-state index < -0.39 is 0 Å². The predicted octanol–water partition coefficient (Wildman–Crippen LogP) is 5.52. The van der Waals surface area contributed by atoms with Crippen LogP contribution in [-0.4, -0.2) is 53.0 Å². The van der Waals surface area contributed by atoms with Crippen LogP contribution in [0.25, 0.3) is 0 Å². The van der Waals surface area contributed by atoms with Crippen LogP contribution in [0.1, 0.15) is 42.3 Å². The minimum atomic E-state index is -0.0456. The number of amides is 1. The number of hydrogen-bond donors (Lipinski definition) is 1. The Balaban J connectivity index is 1.34. The first kappa shape index (κ1) is 26.5. The van der Waals surface area contributed by atoms with E-state index >= 15 is 0 Å². The summed E-state index contributed by atoms with van der Waals surface area (Å²) < 4.78 is 0. The number of aromatic nitrogens is 2. The molecule has 0 spiro atoms. The van der Waals surface area contributed by atoms with Crippen molar-refractivity contribution >= 4 is 35.1 Å². The summed E-state index contributed by atoms with van der Waals surface area (Å²) in [5.74, 6) is 1.86. The van der Waals surface area contributed by atoms with E-state index in [1.54, 1.807) is 0 Å². The van der Waals surface area contributed by atoms with Crippen LogP contribution < -0.4 is 10.2 Å². The molecule has 2 heterocycles. The predicted molar refractivity (Wildman–Crippen MR) is 149 cm³/mol. The maximum Gasteiger partial charge on any atom is 0.251 e. The average molecular weight is 524 g/mol. The lowest BCUT2D eigenvalue weighted by Crippen LogP contribution is -2.46. The molecule has 36 heavy (non-hydrogen) atoms. The van der Waals surface area contributed by atoms with Crippen molar-refractivity contribution in [2.24, 2.45) is 5.92 Å². The third-order valence-electron chi connectivity index (χ3n) is 6.52. The largest absolute Gasteiger partial charge is 0.354 e. The van der Waals surface area contributed by atoms with Crippen LogP contribution in [0.3, 0.4) is 0 Å². The van der Waals surface area contributed by atoms with Crippen molar-refractivity contribution in [3.63, 3.8) is 0 Å². The molecule has 0 aliphatic carbocycles. The van der Waals surface area contributed by atoms with E-state index in [1.807, 2.05) is 37.3 Å². The number of rotatable bonds is 9. The number of carbonyl (C=O) groups is 1. The summed E-state index contributed by atoms with van der Waals surface area (Å²) in [6, 6.07) is 20.3. The maximum atomic E-state index is 12.6. The van der Waals surface area contributed by atoms with E-state index in [0.717, 1.165) is 44.1 Å². The van der Waals surface area contributed by atoms with Gasteiger partial charge in [0.05, 0.1) is 0 Å². The molecule has 0 bridgehead atoms. The molecule has 1 aliphatic heterocycles. The molecule has 1 atom stereocenters. The first-order valence-electron chi connectivity index (χ1n) is 12.5.